The fraction of sp³-hybridized carbons (Fsp3) is 0.438. The van der Waals surface area contributed by atoms with E-state index in [0.29, 0.717) is 24.5 Å². The lowest BCUT2D eigenvalue weighted by Crippen LogP contribution is -2.19. The number of rotatable bonds is 5. The molecule has 0 saturated heterocycles. The van der Waals surface area contributed by atoms with Crippen molar-refractivity contribution in [1.29, 1.82) is 0 Å². The fourth-order valence-corrected chi connectivity index (χ4v) is 1.56. The van der Waals surface area contributed by atoms with Crippen molar-refractivity contribution in [2.24, 2.45) is 0 Å². The number of carbonyl (C=O) groups is 1. The molecule has 0 aliphatic heterocycles. The van der Waals surface area contributed by atoms with Gasteiger partial charge in [-0.05, 0) is 38.7 Å². The van der Waals surface area contributed by atoms with E-state index in [0.717, 1.165) is 12.0 Å². The molecule has 0 aromatic heterocycles. The molecule has 1 amide bonds. The van der Waals surface area contributed by atoms with Gasteiger partial charge in [-0.3, -0.25) is 9.69 Å². The molecule has 0 spiro atoms. The summed E-state index contributed by atoms with van der Waals surface area (Å²) in [5.41, 5.74) is 1.34. The smallest absolute Gasteiger partial charge is 0.254 e. The van der Waals surface area contributed by atoms with Gasteiger partial charge >= 0.3 is 0 Å². The zero-order chi connectivity index (χ0) is 15.0. The van der Waals surface area contributed by atoms with Crippen LogP contribution in [0.4, 0.5) is 0 Å². The molecule has 0 atom stereocenters. The van der Waals surface area contributed by atoms with Crippen molar-refractivity contribution < 1.29 is 9.53 Å². The van der Waals surface area contributed by atoms with Gasteiger partial charge in [-0.2, -0.15) is 0 Å². The summed E-state index contributed by atoms with van der Waals surface area (Å²) in [5.74, 6) is 6.54. The highest BCUT2D eigenvalue weighted by Crippen LogP contribution is 2.20. The number of carbonyl (C=O) groups excluding carboxylic acids is 1. The zero-order valence-corrected chi connectivity index (χ0v) is 12.6. The van der Waals surface area contributed by atoms with Gasteiger partial charge in [-0.25, -0.2) is 0 Å². The van der Waals surface area contributed by atoms with Crippen LogP contribution < -0.4 is 10.1 Å². The quantitative estimate of drug-likeness (QED) is 0.832. The van der Waals surface area contributed by atoms with Crippen LogP contribution in [0.15, 0.2) is 18.2 Å². The SMILES string of the molecule is CCCOc1ccc(C#CCN(C)C)cc1C(=O)NC. The largest absolute Gasteiger partial charge is 0.493 e. The number of benzene rings is 1. The van der Waals surface area contributed by atoms with E-state index < -0.39 is 0 Å². The Bertz CT molecular complexity index is 513. The Hall–Kier alpha value is -1.99. The Morgan fingerprint density at radius 1 is 1.40 bits per heavy atom. The van der Waals surface area contributed by atoms with Crippen molar-refractivity contribution in [2.45, 2.75) is 13.3 Å². The summed E-state index contributed by atoms with van der Waals surface area (Å²) in [5, 5.41) is 2.62. The summed E-state index contributed by atoms with van der Waals surface area (Å²) in [4.78, 5) is 13.9. The normalized spacial score (nSPS) is 9.85. The Kier molecular flexibility index (Phi) is 6.61. The molecule has 1 N–H and O–H groups in total. The van der Waals surface area contributed by atoms with Gasteiger partial charge in [0.1, 0.15) is 5.75 Å². The lowest BCUT2D eigenvalue weighted by atomic mass is 10.1. The topological polar surface area (TPSA) is 41.6 Å². The van der Waals surface area contributed by atoms with Crippen LogP contribution in [0.25, 0.3) is 0 Å². The molecule has 108 valence electrons. The molecule has 0 saturated carbocycles. The maximum absolute atomic E-state index is 11.9. The second-order valence-electron chi connectivity index (χ2n) is 4.68. The average Bonchev–Trinajstić information content (AvgIpc) is 2.44. The molecule has 4 nitrogen and oxygen atoms in total. The van der Waals surface area contributed by atoms with Crippen molar-refractivity contribution in [3.8, 4) is 17.6 Å². The van der Waals surface area contributed by atoms with Crippen molar-refractivity contribution in [1.82, 2.24) is 10.2 Å². The maximum atomic E-state index is 11.9. The van der Waals surface area contributed by atoms with Gasteiger partial charge in [0.2, 0.25) is 0 Å². The minimum Gasteiger partial charge on any atom is -0.493 e. The van der Waals surface area contributed by atoms with Gasteiger partial charge in [-0.1, -0.05) is 18.8 Å². The minimum absolute atomic E-state index is 0.160. The van der Waals surface area contributed by atoms with E-state index in [1.165, 1.54) is 0 Å². The molecule has 1 rings (SSSR count). The Labute approximate surface area is 121 Å². The van der Waals surface area contributed by atoms with Gasteiger partial charge in [0.25, 0.3) is 5.91 Å². The number of ether oxygens (including phenoxy) is 1. The van der Waals surface area contributed by atoms with E-state index >= 15 is 0 Å². The average molecular weight is 274 g/mol. The predicted octanol–water partition coefficient (Wildman–Crippen LogP) is 1.75. The first-order valence-electron chi connectivity index (χ1n) is 6.71. The number of amides is 1. The van der Waals surface area contributed by atoms with E-state index in [4.69, 9.17) is 4.74 Å². The highest BCUT2D eigenvalue weighted by atomic mass is 16.5. The van der Waals surface area contributed by atoms with E-state index in [-0.39, 0.29) is 5.91 Å². The molecule has 1 aromatic rings. The molecule has 4 heteroatoms. The van der Waals surface area contributed by atoms with Crippen LogP contribution in [0.2, 0.25) is 0 Å². The zero-order valence-electron chi connectivity index (χ0n) is 12.6. The van der Waals surface area contributed by atoms with E-state index in [9.17, 15) is 4.79 Å². The van der Waals surface area contributed by atoms with Gasteiger partial charge in [0.05, 0.1) is 18.7 Å². The molecule has 0 heterocycles. The summed E-state index contributed by atoms with van der Waals surface area (Å²) in [6.07, 6.45) is 0.900. The van der Waals surface area contributed by atoms with E-state index in [1.54, 1.807) is 19.2 Å². The van der Waals surface area contributed by atoms with E-state index in [2.05, 4.69) is 17.2 Å². The van der Waals surface area contributed by atoms with Crippen LogP contribution in [-0.4, -0.2) is 45.1 Å². The van der Waals surface area contributed by atoms with Gasteiger partial charge < -0.3 is 10.1 Å². The molecular formula is C16H22N2O2. The van der Waals surface area contributed by atoms with Crippen LogP contribution in [0, 0.1) is 11.8 Å². The van der Waals surface area contributed by atoms with Crippen LogP contribution in [0.5, 0.6) is 5.75 Å². The van der Waals surface area contributed by atoms with Crippen molar-refractivity contribution in [3.63, 3.8) is 0 Å². The van der Waals surface area contributed by atoms with Crippen molar-refractivity contribution in [3.05, 3.63) is 29.3 Å². The van der Waals surface area contributed by atoms with Crippen molar-refractivity contribution in [2.75, 3.05) is 34.3 Å². The lowest BCUT2D eigenvalue weighted by molar-refractivity contribution is 0.0959. The third-order valence-corrected chi connectivity index (χ3v) is 2.54. The first-order chi connectivity index (χ1) is 9.58. The third-order valence-electron chi connectivity index (χ3n) is 2.54. The summed E-state index contributed by atoms with van der Waals surface area (Å²) in [6.45, 7) is 3.31. The fourth-order valence-electron chi connectivity index (χ4n) is 1.56. The third kappa shape index (κ3) is 4.94. The van der Waals surface area contributed by atoms with Gasteiger partial charge in [0, 0.05) is 12.6 Å². The van der Waals surface area contributed by atoms with Crippen molar-refractivity contribution >= 4 is 5.91 Å². The molecule has 0 fully saturated rings. The molecule has 0 bridgehead atoms. The molecule has 1 aromatic carbocycles. The molecule has 20 heavy (non-hydrogen) atoms. The predicted molar refractivity (Wildman–Crippen MR) is 81.1 cm³/mol. The summed E-state index contributed by atoms with van der Waals surface area (Å²) in [6, 6.07) is 5.45. The standard InChI is InChI=1S/C16H22N2O2/c1-5-11-20-15-9-8-13(7-6-10-18(3)4)12-14(15)16(19)17-2/h8-9,12H,5,10-11H2,1-4H3,(H,17,19). The lowest BCUT2D eigenvalue weighted by Gasteiger charge is -2.10. The first kappa shape index (κ1) is 16.1. The number of hydrogen-bond acceptors (Lipinski definition) is 3. The first-order valence-corrected chi connectivity index (χ1v) is 6.71. The Morgan fingerprint density at radius 2 is 2.15 bits per heavy atom. The Balaban J connectivity index is 3.00. The molecule has 0 aliphatic carbocycles. The number of nitrogens with zero attached hydrogens (tertiary/aromatic N) is 1. The highest BCUT2D eigenvalue weighted by molar-refractivity contribution is 5.97. The van der Waals surface area contributed by atoms with Crippen LogP contribution in [0.1, 0.15) is 29.3 Å². The van der Waals surface area contributed by atoms with Crippen LogP contribution in [0.3, 0.4) is 0 Å². The molecule has 0 radical (unpaired) electrons. The second-order valence-corrected chi connectivity index (χ2v) is 4.68. The second kappa shape index (κ2) is 8.23. The summed E-state index contributed by atoms with van der Waals surface area (Å²) in [7, 11) is 5.54. The van der Waals surface area contributed by atoms with Gasteiger partial charge in [0.15, 0.2) is 0 Å². The highest BCUT2D eigenvalue weighted by Gasteiger charge is 2.11. The Morgan fingerprint density at radius 3 is 2.75 bits per heavy atom. The molecule has 0 aliphatic rings. The molecule has 0 unspecified atom stereocenters. The minimum atomic E-state index is -0.160. The summed E-state index contributed by atoms with van der Waals surface area (Å²) >= 11 is 0. The monoisotopic (exact) mass is 274 g/mol. The van der Waals surface area contributed by atoms with E-state index in [1.807, 2.05) is 32.0 Å². The van der Waals surface area contributed by atoms with Crippen LogP contribution >= 0.6 is 0 Å². The number of nitrogens with one attached hydrogen (secondary N) is 1. The van der Waals surface area contributed by atoms with Gasteiger partial charge in [-0.15, -0.1) is 0 Å². The maximum Gasteiger partial charge on any atom is 0.254 e. The number of hydrogen-bond donors (Lipinski definition) is 1. The molecular weight excluding hydrogens is 252 g/mol. The summed E-state index contributed by atoms with van der Waals surface area (Å²) < 4.78 is 5.59. The van der Waals surface area contributed by atoms with Crippen LogP contribution in [-0.2, 0) is 0 Å².